The molecular weight excluding hydrogens is 293 g/mol. The SMILES string of the molecule is CC(C)C(NC(=O)c1ccccc1F)c1nc2ccccc2[nH]1. The molecule has 0 aliphatic heterocycles. The minimum atomic E-state index is -0.530. The van der Waals surface area contributed by atoms with E-state index >= 15 is 0 Å². The van der Waals surface area contributed by atoms with Crippen molar-refractivity contribution in [2.45, 2.75) is 19.9 Å². The number of halogens is 1. The Kier molecular flexibility index (Phi) is 4.10. The van der Waals surface area contributed by atoms with Gasteiger partial charge >= 0.3 is 0 Å². The molecule has 0 aliphatic carbocycles. The molecule has 0 saturated carbocycles. The third-order valence-electron chi connectivity index (χ3n) is 3.77. The van der Waals surface area contributed by atoms with E-state index in [0.717, 1.165) is 11.0 Å². The van der Waals surface area contributed by atoms with Gasteiger partial charge in [-0.1, -0.05) is 38.1 Å². The van der Waals surface area contributed by atoms with Gasteiger partial charge in [-0.2, -0.15) is 0 Å². The summed E-state index contributed by atoms with van der Waals surface area (Å²) in [6, 6.07) is 13.3. The first-order valence-electron chi connectivity index (χ1n) is 7.56. The fourth-order valence-electron chi connectivity index (χ4n) is 2.53. The van der Waals surface area contributed by atoms with E-state index in [9.17, 15) is 9.18 Å². The molecule has 0 bridgehead atoms. The van der Waals surface area contributed by atoms with Gasteiger partial charge in [-0.15, -0.1) is 0 Å². The molecule has 118 valence electrons. The number of hydrogen-bond donors (Lipinski definition) is 2. The second kappa shape index (κ2) is 6.20. The number of nitrogens with one attached hydrogen (secondary N) is 2. The first-order chi connectivity index (χ1) is 11.1. The molecular formula is C18H18FN3O. The van der Waals surface area contributed by atoms with Crippen LogP contribution in [-0.4, -0.2) is 15.9 Å². The number of H-pyrrole nitrogens is 1. The number of para-hydroxylation sites is 2. The molecule has 1 amide bonds. The maximum Gasteiger partial charge on any atom is 0.254 e. The third-order valence-corrected chi connectivity index (χ3v) is 3.77. The summed E-state index contributed by atoms with van der Waals surface area (Å²) in [5.74, 6) is -0.198. The van der Waals surface area contributed by atoms with Gasteiger partial charge in [0.15, 0.2) is 0 Å². The van der Waals surface area contributed by atoms with Crippen molar-refractivity contribution in [3.63, 3.8) is 0 Å². The predicted molar refractivity (Wildman–Crippen MR) is 87.5 cm³/mol. The van der Waals surface area contributed by atoms with Crippen LogP contribution in [0, 0.1) is 11.7 Å². The highest BCUT2D eigenvalue weighted by Crippen LogP contribution is 2.23. The van der Waals surface area contributed by atoms with Crippen LogP contribution in [0.25, 0.3) is 11.0 Å². The molecule has 0 radical (unpaired) electrons. The molecule has 3 aromatic rings. The number of fused-ring (bicyclic) bond motifs is 1. The lowest BCUT2D eigenvalue weighted by Gasteiger charge is -2.20. The van der Waals surface area contributed by atoms with Crippen LogP contribution in [0.15, 0.2) is 48.5 Å². The Bertz CT molecular complexity index is 808. The van der Waals surface area contributed by atoms with E-state index in [4.69, 9.17) is 0 Å². The number of carbonyl (C=O) groups excluding carboxylic acids is 1. The van der Waals surface area contributed by atoms with E-state index in [1.807, 2.05) is 38.1 Å². The van der Waals surface area contributed by atoms with E-state index in [-0.39, 0.29) is 17.5 Å². The molecule has 4 nitrogen and oxygen atoms in total. The zero-order valence-corrected chi connectivity index (χ0v) is 13.0. The highest BCUT2D eigenvalue weighted by Gasteiger charge is 2.23. The molecule has 23 heavy (non-hydrogen) atoms. The van der Waals surface area contributed by atoms with Crippen molar-refractivity contribution in [3.05, 3.63) is 65.7 Å². The van der Waals surface area contributed by atoms with Gasteiger partial charge in [-0.05, 0) is 30.2 Å². The molecule has 1 unspecified atom stereocenters. The molecule has 3 rings (SSSR count). The summed E-state index contributed by atoms with van der Waals surface area (Å²) in [6.07, 6.45) is 0. The second-order valence-electron chi connectivity index (χ2n) is 5.81. The Labute approximate surface area is 133 Å². The van der Waals surface area contributed by atoms with Crippen molar-refractivity contribution in [1.29, 1.82) is 0 Å². The van der Waals surface area contributed by atoms with Crippen molar-refractivity contribution < 1.29 is 9.18 Å². The molecule has 0 spiro atoms. The van der Waals surface area contributed by atoms with Crippen LogP contribution in [-0.2, 0) is 0 Å². The molecule has 1 heterocycles. The van der Waals surface area contributed by atoms with Gasteiger partial charge in [0.25, 0.3) is 5.91 Å². The first-order valence-corrected chi connectivity index (χ1v) is 7.56. The topological polar surface area (TPSA) is 57.8 Å². The highest BCUT2D eigenvalue weighted by molar-refractivity contribution is 5.94. The number of benzene rings is 2. The monoisotopic (exact) mass is 311 g/mol. The average Bonchev–Trinajstić information content (AvgIpc) is 2.96. The van der Waals surface area contributed by atoms with Gasteiger partial charge in [0, 0.05) is 0 Å². The smallest absolute Gasteiger partial charge is 0.254 e. The van der Waals surface area contributed by atoms with Crippen molar-refractivity contribution in [2.75, 3.05) is 0 Å². The van der Waals surface area contributed by atoms with Crippen molar-refractivity contribution in [3.8, 4) is 0 Å². The van der Waals surface area contributed by atoms with E-state index in [2.05, 4.69) is 15.3 Å². The normalized spacial score (nSPS) is 12.5. The molecule has 2 aromatic carbocycles. The summed E-state index contributed by atoms with van der Waals surface area (Å²) in [5.41, 5.74) is 1.79. The Morgan fingerprint density at radius 3 is 2.52 bits per heavy atom. The van der Waals surface area contributed by atoms with Crippen LogP contribution in [0.4, 0.5) is 4.39 Å². The number of carbonyl (C=O) groups is 1. The highest BCUT2D eigenvalue weighted by atomic mass is 19.1. The van der Waals surface area contributed by atoms with Crippen LogP contribution in [0.1, 0.15) is 36.1 Å². The van der Waals surface area contributed by atoms with Gasteiger partial charge in [0.2, 0.25) is 0 Å². The summed E-state index contributed by atoms with van der Waals surface area (Å²) in [6.45, 7) is 3.97. The second-order valence-corrected chi connectivity index (χ2v) is 5.81. The van der Waals surface area contributed by atoms with Crippen LogP contribution < -0.4 is 5.32 Å². The number of imidazole rings is 1. The third kappa shape index (κ3) is 3.08. The van der Waals surface area contributed by atoms with Crippen LogP contribution in [0.2, 0.25) is 0 Å². The lowest BCUT2D eigenvalue weighted by atomic mass is 10.0. The van der Waals surface area contributed by atoms with Gasteiger partial charge in [0.1, 0.15) is 11.6 Å². The number of nitrogens with zero attached hydrogens (tertiary/aromatic N) is 1. The van der Waals surface area contributed by atoms with E-state index < -0.39 is 11.7 Å². The molecule has 1 atom stereocenters. The lowest BCUT2D eigenvalue weighted by Crippen LogP contribution is -2.33. The molecule has 0 saturated heterocycles. The van der Waals surface area contributed by atoms with Crippen molar-refractivity contribution in [2.24, 2.45) is 5.92 Å². The predicted octanol–water partition coefficient (Wildman–Crippen LogP) is 3.83. The van der Waals surface area contributed by atoms with E-state index in [1.54, 1.807) is 12.1 Å². The van der Waals surface area contributed by atoms with Crippen LogP contribution >= 0.6 is 0 Å². The number of aromatic nitrogens is 2. The summed E-state index contributed by atoms with van der Waals surface area (Å²) < 4.78 is 13.8. The van der Waals surface area contributed by atoms with Gasteiger partial charge < -0.3 is 10.3 Å². The molecule has 1 aromatic heterocycles. The fourth-order valence-corrected chi connectivity index (χ4v) is 2.53. The quantitative estimate of drug-likeness (QED) is 0.769. The lowest BCUT2D eigenvalue weighted by molar-refractivity contribution is 0.0919. The van der Waals surface area contributed by atoms with E-state index in [0.29, 0.717) is 5.82 Å². The van der Waals surface area contributed by atoms with Gasteiger partial charge in [-0.25, -0.2) is 9.37 Å². The molecule has 0 fully saturated rings. The van der Waals surface area contributed by atoms with E-state index in [1.165, 1.54) is 12.1 Å². The summed E-state index contributed by atoms with van der Waals surface area (Å²) in [4.78, 5) is 20.1. The van der Waals surface area contributed by atoms with Gasteiger partial charge in [0.05, 0.1) is 22.6 Å². The summed E-state index contributed by atoms with van der Waals surface area (Å²) in [5, 5.41) is 2.88. The standard InChI is InChI=1S/C18H18FN3O/c1-11(2)16(17-20-14-9-5-6-10-15(14)21-17)22-18(23)12-7-3-4-8-13(12)19/h3-11,16H,1-2H3,(H,20,21)(H,22,23). The zero-order chi connectivity index (χ0) is 16.4. The number of rotatable bonds is 4. The Morgan fingerprint density at radius 1 is 1.13 bits per heavy atom. The largest absolute Gasteiger partial charge is 0.342 e. The Balaban J connectivity index is 1.90. The number of hydrogen-bond acceptors (Lipinski definition) is 2. The molecule has 2 N–H and O–H groups in total. The van der Waals surface area contributed by atoms with Crippen molar-refractivity contribution >= 4 is 16.9 Å². The number of amides is 1. The number of aromatic amines is 1. The zero-order valence-electron chi connectivity index (χ0n) is 13.0. The van der Waals surface area contributed by atoms with Crippen LogP contribution in [0.3, 0.4) is 0 Å². The summed E-state index contributed by atoms with van der Waals surface area (Å²) >= 11 is 0. The Hall–Kier alpha value is -2.69. The maximum absolute atomic E-state index is 13.8. The Morgan fingerprint density at radius 2 is 1.83 bits per heavy atom. The van der Waals surface area contributed by atoms with Crippen molar-refractivity contribution in [1.82, 2.24) is 15.3 Å². The van der Waals surface area contributed by atoms with Crippen LogP contribution in [0.5, 0.6) is 0 Å². The first kappa shape index (κ1) is 15.2. The van der Waals surface area contributed by atoms with Gasteiger partial charge in [-0.3, -0.25) is 4.79 Å². The average molecular weight is 311 g/mol. The minimum Gasteiger partial charge on any atom is -0.342 e. The molecule has 5 heteroatoms. The molecule has 0 aliphatic rings. The summed E-state index contributed by atoms with van der Waals surface area (Å²) in [7, 11) is 0. The minimum absolute atomic E-state index is 0.0364. The fraction of sp³-hybridized carbons (Fsp3) is 0.222. The maximum atomic E-state index is 13.8.